The summed E-state index contributed by atoms with van der Waals surface area (Å²) in [6.45, 7) is 6.35. The third kappa shape index (κ3) is 9.38. The monoisotopic (exact) mass is 543 g/mol. The van der Waals surface area contributed by atoms with Gasteiger partial charge in [0.05, 0.1) is 0 Å². The van der Waals surface area contributed by atoms with Gasteiger partial charge in [-0.2, -0.15) is 13.2 Å². The van der Waals surface area contributed by atoms with Gasteiger partial charge in [0, 0.05) is 62.9 Å². The summed E-state index contributed by atoms with van der Waals surface area (Å²) in [5.74, 6) is -2.78. The van der Waals surface area contributed by atoms with Gasteiger partial charge in [0.2, 0.25) is 0 Å². The number of benzene rings is 2. The molecule has 208 valence electrons. The summed E-state index contributed by atoms with van der Waals surface area (Å²) in [4.78, 5) is 30.3. The van der Waals surface area contributed by atoms with Gasteiger partial charge in [-0.3, -0.25) is 14.7 Å². The Kier molecular flexibility index (Phi) is 10.8. The number of nitrogens with one attached hydrogen (secondary N) is 1. The van der Waals surface area contributed by atoms with E-state index in [-0.39, 0.29) is 5.91 Å². The van der Waals surface area contributed by atoms with Crippen LogP contribution in [0.25, 0.3) is 11.1 Å². The SMILES string of the molecule is NCc1cccc(-c2ccc(C(=O)NCCCN3CCN(c4ccncc4)CC3)cc2)c1.O=C(O)C(F)(F)F. The molecule has 11 heteroatoms. The maximum atomic E-state index is 12.5. The van der Waals surface area contributed by atoms with Crippen LogP contribution in [0, 0.1) is 0 Å². The molecule has 4 rings (SSSR count). The van der Waals surface area contributed by atoms with E-state index in [0.29, 0.717) is 18.7 Å². The maximum absolute atomic E-state index is 12.5. The number of halogens is 3. The van der Waals surface area contributed by atoms with Gasteiger partial charge in [0.15, 0.2) is 0 Å². The van der Waals surface area contributed by atoms with Crippen molar-refractivity contribution < 1.29 is 27.9 Å². The summed E-state index contributed by atoms with van der Waals surface area (Å²) in [5, 5.41) is 10.2. The molecule has 0 saturated carbocycles. The predicted molar refractivity (Wildman–Crippen MR) is 143 cm³/mol. The van der Waals surface area contributed by atoms with Crippen molar-refractivity contribution in [3.05, 3.63) is 84.2 Å². The number of pyridine rings is 1. The van der Waals surface area contributed by atoms with Crippen molar-refractivity contribution >= 4 is 17.6 Å². The number of carbonyl (C=O) groups excluding carboxylic acids is 1. The molecule has 1 fully saturated rings. The Labute approximate surface area is 225 Å². The summed E-state index contributed by atoms with van der Waals surface area (Å²) in [6, 6.07) is 20.1. The minimum absolute atomic E-state index is 0.0187. The molecule has 0 unspecified atom stereocenters. The summed E-state index contributed by atoms with van der Waals surface area (Å²) in [5.41, 5.74) is 11.0. The van der Waals surface area contributed by atoms with E-state index >= 15 is 0 Å². The average molecular weight is 544 g/mol. The number of amides is 1. The number of nitrogens with two attached hydrogens (primary N) is 1. The van der Waals surface area contributed by atoms with Gasteiger partial charge >= 0.3 is 12.1 Å². The number of nitrogens with zero attached hydrogens (tertiary/aromatic N) is 3. The van der Waals surface area contributed by atoms with Crippen LogP contribution in [-0.2, 0) is 11.3 Å². The number of piperazine rings is 1. The van der Waals surface area contributed by atoms with Crippen LogP contribution in [0.15, 0.2) is 73.1 Å². The Morgan fingerprint density at radius 1 is 0.949 bits per heavy atom. The molecule has 0 bridgehead atoms. The molecule has 1 aliphatic rings. The quantitative estimate of drug-likeness (QED) is 0.371. The Morgan fingerprint density at radius 3 is 2.18 bits per heavy atom. The van der Waals surface area contributed by atoms with Gasteiger partial charge in [-0.15, -0.1) is 0 Å². The average Bonchev–Trinajstić information content (AvgIpc) is 2.96. The molecule has 2 aromatic carbocycles. The molecule has 3 aromatic rings. The van der Waals surface area contributed by atoms with Gasteiger partial charge in [-0.05, 0) is 60.0 Å². The molecular formula is C28H32F3N5O3. The van der Waals surface area contributed by atoms with E-state index in [2.05, 4.69) is 44.4 Å². The van der Waals surface area contributed by atoms with Crippen LogP contribution in [0.4, 0.5) is 18.9 Å². The first kappa shape index (κ1) is 29.6. The predicted octanol–water partition coefficient (Wildman–Crippen LogP) is 3.78. The number of carboxylic acid groups (broad SMARTS) is 1. The molecule has 0 radical (unpaired) electrons. The topological polar surface area (TPSA) is 112 Å². The van der Waals surface area contributed by atoms with E-state index in [9.17, 15) is 18.0 Å². The molecule has 0 spiro atoms. The highest BCUT2D eigenvalue weighted by Crippen LogP contribution is 2.21. The van der Waals surface area contributed by atoms with Gasteiger partial charge in [-0.1, -0.05) is 30.3 Å². The highest BCUT2D eigenvalue weighted by molar-refractivity contribution is 5.94. The Morgan fingerprint density at radius 2 is 1.59 bits per heavy atom. The lowest BCUT2D eigenvalue weighted by Crippen LogP contribution is -2.47. The number of aromatic nitrogens is 1. The third-order valence-electron chi connectivity index (χ3n) is 6.22. The second-order valence-corrected chi connectivity index (χ2v) is 8.93. The van der Waals surface area contributed by atoms with Crippen LogP contribution in [0.5, 0.6) is 0 Å². The lowest BCUT2D eigenvalue weighted by atomic mass is 10.0. The first-order chi connectivity index (χ1) is 18.7. The number of aliphatic carboxylic acids is 1. The molecule has 0 atom stereocenters. The second kappa shape index (κ2) is 14.3. The highest BCUT2D eigenvalue weighted by Gasteiger charge is 2.38. The minimum atomic E-state index is -5.08. The zero-order chi connectivity index (χ0) is 28.3. The van der Waals surface area contributed by atoms with Crippen molar-refractivity contribution in [2.24, 2.45) is 5.73 Å². The van der Waals surface area contributed by atoms with Crippen molar-refractivity contribution in [3.63, 3.8) is 0 Å². The van der Waals surface area contributed by atoms with Crippen LogP contribution in [0.1, 0.15) is 22.3 Å². The first-order valence-electron chi connectivity index (χ1n) is 12.5. The second-order valence-electron chi connectivity index (χ2n) is 8.93. The summed E-state index contributed by atoms with van der Waals surface area (Å²) >= 11 is 0. The Hall–Kier alpha value is -3.96. The maximum Gasteiger partial charge on any atom is 0.490 e. The van der Waals surface area contributed by atoms with E-state index in [1.54, 1.807) is 0 Å². The third-order valence-corrected chi connectivity index (χ3v) is 6.22. The molecule has 4 N–H and O–H groups in total. The number of alkyl halides is 3. The van der Waals surface area contributed by atoms with Crippen LogP contribution in [0.3, 0.4) is 0 Å². The van der Waals surface area contributed by atoms with Crippen LogP contribution in [0.2, 0.25) is 0 Å². The lowest BCUT2D eigenvalue weighted by Gasteiger charge is -2.36. The van der Waals surface area contributed by atoms with E-state index in [4.69, 9.17) is 15.6 Å². The number of hydrogen-bond acceptors (Lipinski definition) is 6. The molecular weight excluding hydrogens is 511 g/mol. The number of carbonyl (C=O) groups is 2. The number of hydrogen-bond donors (Lipinski definition) is 3. The largest absolute Gasteiger partial charge is 0.490 e. The molecule has 1 saturated heterocycles. The van der Waals surface area contributed by atoms with E-state index in [1.165, 1.54) is 5.69 Å². The number of anilines is 1. The standard InChI is InChI=1S/C26H31N5O.C2HF3O2/c27-20-21-3-1-4-24(19-21)22-5-7-23(8-6-22)26(32)29-11-2-14-30-15-17-31(18-16-30)25-9-12-28-13-10-25;3-2(4,5)1(6)7/h1,3-10,12-13,19H,2,11,14-18,20,27H2,(H,29,32);(H,6,7). The fraction of sp³-hybridized carbons (Fsp3) is 0.321. The molecule has 1 aliphatic heterocycles. The normalized spacial score (nSPS) is 13.8. The molecule has 8 nitrogen and oxygen atoms in total. The van der Waals surface area contributed by atoms with Gasteiger partial charge < -0.3 is 21.1 Å². The minimum Gasteiger partial charge on any atom is -0.475 e. The lowest BCUT2D eigenvalue weighted by molar-refractivity contribution is -0.192. The number of rotatable bonds is 8. The molecule has 0 aliphatic carbocycles. The smallest absolute Gasteiger partial charge is 0.475 e. The van der Waals surface area contributed by atoms with Gasteiger partial charge in [-0.25, -0.2) is 4.79 Å². The zero-order valence-corrected chi connectivity index (χ0v) is 21.4. The summed E-state index contributed by atoms with van der Waals surface area (Å²) < 4.78 is 31.7. The first-order valence-corrected chi connectivity index (χ1v) is 12.5. The molecule has 1 aromatic heterocycles. The van der Waals surface area contributed by atoms with Gasteiger partial charge in [0.1, 0.15) is 0 Å². The van der Waals surface area contributed by atoms with Crippen molar-refractivity contribution in [1.29, 1.82) is 0 Å². The summed E-state index contributed by atoms with van der Waals surface area (Å²) in [7, 11) is 0. The fourth-order valence-electron chi connectivity index (χ4n) is 4.08. The van der Waals surface area contributed by atoms with Crippen molar-refractivity contribution in [2.75, 3.05) is 44.2 Å². The molecule has 2 heterocycles. The Bertz CT molecular complexity index is 1200. The highest BCUT2D eigenvalue weighted by atomic mass is 19.4. The zero-order valence-electron chi connectivity index (χ0n) is 21.4. The van der Waals surface area contributed by atoms with Gasteiger partial charge in [0.25, 0.3) is 5.91 Å². The number of carboxylic acids is 1. The van der Waals surface area contributed by atoms with E-state index < -0.39 is 12.1 Å². The van der Waals surface area contributed by atoms with Crippen molar-refractivity contribution in [2.45, 2.75) is 19.1 Å². The van der Waals surface area contributed by atoms with Crippen LogP contribution < -0.4 is 16.0 Å². The van der Waals surface area contributed by atoms with Crippen molar-refractivity contribution in [1.82, 2.24) is 15.2 Å². The fourth-order valence-corrected chi connectivity index (χ4v) is 4.08. The van der Waals surface area contributed by atoms with E-state index in [1.807, 2.05) is 48.8 Å². The molecule has 1 amide bonds. The molecule has 39 heavy (non-hydrogen) atoms. The van der Waals surface area contributed by atoms with E-state index in [0.717, 1.165) is 55.8 Å². The summed E-state index contributed by atoms with van der Waals surface area (Å²) in [6.07, 6.45) is -0.445. The van der Waals surface area contributed by atoms with Crippen LogP contribution >= 0.6 is 0 Å². The van der Waals surface area contributed by atoms with Crippen molar-refractivity contribution in [3.8, 4) is 11.1 Å². The van der Waals surface area contributed by atoms with Crippen LogP contribution in [-0.4, -0.2) is 72.3 Å². The Balaban J connectivity index is 0.000000532.